The molecule has 0 fully saturated rings. The number of rotatable bonds is 2. The van der Waals surface area contributed by atoms with Crippen molar-refractivity contribution in [1.29, 1.82) is 0 Å². The largest absolute Gasteiger partial charge is 0.381 e. The zero-order valence-corrected chi connectivity index (χ0v) is 4.81. The van der Waals surface area contributed by atoms with Gasteiger partial charge in [-0.15, -0.1) is 5.92 Å². The second-order valence-corrected chi connectivity index (χ2v) is 1.71. The summed E-state index contributed by atoms with van der Waals surface area (Å²) < 4.78 is 0. The molecule has 44 valence electrons. The second kappa shape index (κ2) is 2.99. The zero-order chi connectivity index (χ0) is 5.86. The van der Waals surface area contributed by atoms with Gasteiger partial charge < -0.3 is 12.0 Å². The molecule has 7 heavy (non-hydrogen) atoms. The van der Waals surface area contributed by atoms with Crippen LogP contribution in [0.3, 0.4) is 0 Å². The predicted octanol–water partition coefficient (Wildman–Crippen LogP) is -0.00561. The Bertz CT molecular complexity index is 45.3. The van der Waals surface area contributed by atoms with Crippen LogP contribution in [0.2, 0.25) is 0 Å². The van der Waals surface area contributed by atoms with Gasteiger partial charge in [0, 0.05) is 0 Å². The maximum absolute atomic E-state index is 8.76. The highest BCUT2D eigenvalue weighted by atomic mass is 16.3. The summed E-state index contributed by atoms with van der Waals surface area (Å²) in [6, 6.07) is 0. The first-order valence-corrected chi connectivity index (χ1v) is 2.37. The first-order chi connectivity index (χ1) is 3.18. The molecule has 2 atom stereocenters. The van der Waals surface area contributed by atoms with Crippen LogP contribution in [0.25, 0.3) is 0 Å². The molecule has 2 N–H and O–H groups in total. The second-order valence-electron chi connectivity index (χ2n) is 1.71. The molecular formula is C5H12NO-. The quantitative estimate of drug-likeness (QED) is 0.380. The van der Waals surface area contributed by atoms with E-state index in [2.05, 4.69) is 12.2 Å². The Morgan fingerprint density at radius 2 is 2.14 bits per heavy atom. The zero-order valence-electron chi connectivity index (χ0n) is 4.81. The van der Waals surface area contributed by atoms with Crippen LogP contribution in [0.15, 0.2) is 0 Å². The molecule has 2 unspecified atom stereocenters. The summed E-state index contributed by atoms with van der Waals surface area (Å²) in [5.74, 6) is 0.0602. The van der Waals surface area contributed by atoms with Crippen LogP contribution in [0, 0.1) is 12.8 Å². The monoisotopic (exact) mass is 102 g/mol. The Kier molecular flexibility index (Phi) is 2.96. The lowest BCUT2D eigenvalue weighted by Gasteiger charge is -2.17. The first kappa shape index (κ1) is 6.92. The summed E-state index contributed by atoms with van der Waals surface area (Å²) in [5, 5.41) is 11.4. The van der Waals surface area contributed by atoms with Crippen LogP contribution in [0.5, 0.6) is 0 Å². The van der Waals surface area contributed by atoms with E-state index in [-0.39, 0.29) is 5.92 Å². The summed E-state index contributed by atoms with van der Waals surface area (Å²) in [6.07, 6.45) is -0.458. The van der Waals surface area contributed by atoms with Gasteiger partial charge in [-0.05, 0) is 7.05 Å². The maximum Gasteiger partial charge on any atom is 0.0793 e. The Labute approximate surface area is 44.5 Å². The molecule has 2 heteroatoms. The molecule has 0 radical (unpaired) electrons. The van der Waals surface area contributed by atoms with Crippen LogP contribution >= 0.6 is 0 Å². The third-order valence-corrected chi connectivity index (χ3v) is 0.835. The third-order valence-electron chi connectivity index (χ3n) is 0.835. The number of aliphatic hydroxyl groups excluding tert-OH is 1. The van der Waals surface area contributed by atoms with Crippen LogP contribution in [-0.2, 0) is 0 Å². The molecule has 0 saturated carbocycles. The van der Waals surface area contributed by atoms with Crippen molar-refractivity contribution in [3.05, 3.63) is 6.92 Å². The van der Waals surface area contributed by atoms with Crippen molar-refractivity contribution in [3.63, 3.8) is 0 Å². The highest BCUT2D eigenvalue weighted by molar-refractivity contribution is 4.60. The van der Waals surface area contributed by atoms with Crippen molar-refractivity contribution in [2.45, 2.75) is 13.2 Å². The van der Waals surface area contributed by atoms with Gasteiger partial charge in [-0.1, -0.05) is 6.92 Å². The summed E-state index contributed by atoms with van der Waals surface area (Å²) in [5.41, 5.74) is 0. The summed E-state index contributed by atoms with van der Waals surface area (Å²) in [6.45, 7) is 5.45. The lowest BCUT2D eigenvalue weighted by molar-refractivity contribution is 0.110. The summed E-state index contributed by atoms with van der Waals surface area (Å²) in [4.78, 5) is 0. The van der Waals surface area contributed by atoms with E-state index in [1.165, 1.54) is 0 Å². The van der Waals surface area contributed by atoms with E-state index in [1.54, 1.807) is 7.05 Å². The fourth-order valence-corrected chi connectivity index (χ4v) is 0.285. The van der Waals surface area contributed by atoms with Crippen molar-refractivity contribution >= 4 is 0 Å². The molecule has 0 saturated heterocycles. The highest BCUT2D eigenvalue weighted by Gasteiger charge is 1.95. The fraction of sp³-hybridized carbons (Fsp3) is 0.800. The number of hydrogen-bond donors (Lipinski definition) is 2. The molecule has 0 spiro atoms. The Morgan fingerprint density at radius 3 is 2.14 bits per heavy atom. The minimum atomic E-state index is -0.458. The van der Waals surface area contributed by atoms with Crippen LogP contribution in [-0.4, -0.2) is 18.4 Å². The molecular weight excluding hydrogens is 90.1 g/mol. The average Bonchev–Trinajstić information content (AvgIpc) is 1.65. The molecule has 0 aromatic heterocycles. The van der Waals surface area contributed by atoms with Crippen LogP contribution < -0.4 is 5.32 Å². The number of hydrogen-bond acceptors (Lipinski definition) is 2. The smallest absolute Gasteiger partial charge is 0.0793 e. The van der Waals surface area contributed by atoms with Crippen LogP contribution in [0.1, 0.15) is 6.92 Å². The van der Waals surface area contributed by atoms with Crippen molar-refractivity contribution in [1.82, 2.24) is 5.32 Å². The molecule has 0 bridgehead atoms. The Morgan fingerprint density at radius 1 is 1.71 bits per heavy atom. The normalized spacial score (nSPS) is 18.9. The number of nitrogens with one attached hydrogen (secondary N) is 1. The van der Waals surface area contributed by atoms with E-state index in [0.717, 1.165) is 0 Å². The molecule has 0 aromatic rings. The summed E-state index contributed by atoms with van der Waals surface area (Å²) in [7, 11) is 1.70. The minimum absolute atomic E-state index is 0.0602. The topological polar surface area (TPSA) is 32.3 Å². The van der Waals surface area contributed by atoms with E-state index < -0.39 is 6.23 Å². The molecule has 2 nitrogen and oxygen atoms in total. The van der Waals surface area contributed by atoms with Gasteiger partial charge in [0.25, 0.3) is 0 Å². The van der Waals surface area contributed by atoms with Crippen molar-refractivity contribution in [2.75, 3.05) is 7.05 Å². The number of aliphatic hydroxyl groups is 1. The standard InChI is InChI=1S/C5H12NO/c1-4(2)5(7)6-3/h4-7H,1H2,2-3H3/q-1. The van der Waals surface area contributed by atoms with E-state index in [9.17, 15) is 0 Å². The first-order valence-electron chi connectivity index (χ1n) is 2.37. The molecule has 0 heterocycles. The van der Waals surface area contributed by atoms with E-state index in [0.29, 0.717) is 0 Å². The molecule has 0 aromatic carbocycles. The van der Waals surface area contributed by atoms with Crippen molar-refractivity contribution in [3.8, 4) is 0 Å². The summed E-state index contributed by atoms with van der Waals surface area (Å²) >= 11 is 0. The van der Waals surface area contributed by atoms with Gasteiger partial charge in [-0.25, -0.2) is 0 Å². The highest BCUT2D eigenvalue weighted by Crippen LogP contribution is 1.93. The molecule has 0 amide bonds. The Balaban J connectivity index is 3.14. The van der Waals surface area contributed by atoms with Gasteiger partial charge in [0.1, 0.15) is 0 Å². The van der Waals surface area contributed by atoms with Crippen molar-refractivity contribution in [2.24, 2.45) is 5.92 Å². The molecule has 0 aliphatic carbocycles. The predicted molar refractivity (Wildman–Crippen MR) is 29.6 cm³/mol. The van der Waals surface area contributed by atoms with Gasteiger partial charge in [-0.3, -0.25) is 5.32 Å². The molecule has 0 aliphatic heterocycles. The molecule has 0 rings (SSSR count). The van der Waals surface area contributed by atoms with Gasteiger partial charge in [-0.2, -0.15) is 0 Å². The molecule has 0 aliphatic rings. The van der Waals surface area contributed by atoms with Crippen molar-refractivity contribution < 1.29 is 5.11 Å². The minimum Gasteiger partial charge on any atom is -0.381 e. The third kappa shape index (κ3) is 2.60. The lowest BCUT2D eigenvalue weighted by Crippen LogP contribution is -2.29. The van der Waals surface area contributed by atoms with E-state index in [4.69, 9.17) is 5.11 Å². The average molecular weight is 102 g/mol. The van der Waals surface area contributed by atoms with Gasteiger partial charge >= 0.3 is 0 Å². The van der Waals surface area contributed by atoms with Crippen LogP contribution in [0.4, 0.5) is 0 Å². The van der Waals surface area contributed by atoms with Gasteiger partial charge in [0.2, 0.25) is 0 Å². The van der Waals surface area contributed by atoms with E-state index >= 15 is 0 Å². The lowest BCUT2D eigenvalue weighted by atomic mass is 10.2. The Hall–Kier alpha value is -0.0800. The fourth-order valence-electron chi connectivity index (χ4n) is 0.285. The van der Waals surface area contributed by atoms with E-state index in [1.807, 2.05) is 6.92 Å². The SMILES string of the molecule is [CH2-]C(C)C(O)NC. The maximum atomic E-state index is 8.76. The van der Waals surface area contributed by atoms with Gasteiger partial charge in [0.05, 0.1) is 6.23 Å². The van der Waals surface area contributed by atoms with Gasteiger partial charge in [0.15, 0.2) is 0 Å².